The van der Waals surface area contributed by atoms with Crippen LogP contribution in [0.3, 0.4) is 0 Å². The lowest BCUT2D eigenvalue weighted by Gasteiger charge is -2.26. The standard InChI is InChI=1S/C22H31N5OS/c1-16-17(2)29-20(26-16)10-11-24-22(23-3)25-15-18-8-7-9-19(14-18)21(28)27-12-5-4-6-13-27/h7-9,14H,4-6,10-13,15H2,1-3H3,(H2,23,24,25). The number of amides is 1. The molecule has 7 heteroatoms. The van der Waals surface area contributed by atoms with Gasteiger partial charge in [-0.25, -0.2) is 4.98 Å². The van der Waals surface area contributed by atoms with Crippen LogP contribution >= 0.6 is 11.3 Å². The fourth-order valence-corrected chi connectivity index (χ4v) is 4.37. The van der Waals surface area contributed by atoms with Gasteiger partial charge in [0.2, 0.25) is 0 Å². The third kappa shape index (κ3) is 6.03. The molecule has 1 aromatic carbocycles. The minimum absolute atomic E-state index is 0.142. The van der Waals surface area contributed by atoms with E-state index in [9.17, 15) is 4.79 Å². The number of rotatable bonds is 6. The van der Waals surface area contributed by atoms with Crippen molar-refractivity contribution < 1.29 is 4.79 Å². The summed E-state index contributed by atoms with van der Waals surface area (Å²) in [5.74, 6) is 0.894. The van der Waals surface area contributed by atoms with E-state index in [0.717, 1.165) is 66.7 Å². The molecular formula is C22H31N5OS. The average Bonchev–Trinajstić information content (AvgIpc) is 3.08. The number of hydrogen-bond donors (Lipinski definition) is 2. The van der Waals surface area contributed by atoms with Crippen molar-refractivity contribution in [1.29, 1.82) is 0 Å². The normalized spacial score (nSPS) is 14.7. The topological polar surface area (TPSA) is 69.6 Å². The summed E-state index contributed by atoms with van der Waals surface area (Å²) in [7, 11) is 1.77. The number of hydrogen-bond acceptors (Lipinski definition) is 4. The van der Waals surface area contributed by atoms with Crippen LogP contribution in [-0.2, 0) is 13.0 Å². The zero-order valence-electron chi connectivity index (χ0n) is 17.6. The molecule has 156 valence electrons. The van der Waals surface area contributed by atoms with E-state index >= 15 is 0 Å². The van der Waals surface area contributed by atoms with Crippen molar-refractivity contribution in [1.82, 2.24) is 20.5 Å². The van der Waals surface area contributed by atoms with Crippen LogP contribution in [-0.4, -0.2) is 48.4 Å². The van der Waals surface area contributed by atoms with Crippen LogP contribution in [0.5, 0.6) is 0 Å². The van der Waals surface area contributed by atoms with Gasteiger partial charge in [0.25, 0.3) is 5.91 Å². The van der Waals surface area contributed by atoms with Gasteiger partial charge in [0.05, 0.1) is 10.7 Å². The van der Waals surface area contributed by atoms with Gasteiger partial charge >= 0.3 is 0 Å². The Morgan fingerprint density at radius 2 is 2.00 bits per heavy atom. The van der Waals surface area contributed by atoms with Crippen LogP contribution in [0, 0.1) is 13.8 Å². The molecule has 0 spiro atoms. The smallest absolute Gasteiger partial charge is 0.253 e. The summed E-state index contributed by atoms with van der Waals surface area (Å²) in [6.07, 6.45) is 4.31. The van der Waals surface area contributed by atoms with Crippen molar-refractivity contribution in [2.24, 2.45) is 4.99 Å². The molecule has 1 amide bonds. The second kappa shape index (κ2) is 10.4. The van der Waals surface area contributed by atoms with Gasteiger partial charge in [0, 0.05) is 50.1 Å². The van der Waals surface area contributed by atoms with Crippen LogP contribution in [0.15, 0.2) is 29.3 Å². The monoisotopic (exact) mass is 413 g/mol. The largest absolute Gasteiger partial charge is 0.356 e. The van der Waals surface area contributed by atoms with Gasteiger partial charge in [-0.05, 0) is 50.8 Å². The van der Waals surface area contributed by atoms with Crippen molar-refractivity contribution in [3.8, 4) is 0 Å². The lowest BCUT2D eigenvalue weighted by Crippen LogP contribution is -2.38. The Bertz CT molecular complexity index is 835. The maximum atomic E-state index is 12.7. The van der Waals surface area contributed by atoms with Crippen LogP contribution < -0.4 is 10.6 Å². The maximum absolute atomic E-state index is 12.7. The van der Waals surface area contributed by atoms with Gasteiger partial charge in [0.1, 0.15) is 0 Å². The number of piperidine rings is 1. The molecule has 6 nitrogen and oxygen atoms in total. The molecule has 0 saturated carbocycles. The zero-order valence-corrected chi connectivity index (χ0v) is 18.4. The molecular weight excluding hydrogens is 382 g/mol. The molecule has 0 radical (unpaired) electrons. The summed E-state index contributed by atoms with van der Waals surface area (Å²) in [6, 6.07) is 7.88. The first kappa shape index (κ1) is 21.3. The zero-order chi connectivity index (χ0) is 20.6. The van der Waals surface area contributed by atoms with Crippen LogP contribution in [0.1, 0.15) is 50.8 Å². The highest BCUT2D eigenvalue weighted by Crippen LogP contribution is 2.16. The molecule has 1 fully saturated rings. The van der Waals surface area contributed by atoms with E-state index in [4.69, 9.17) is 0 Å². The van der Waals surface area contributed by atoms with Crippen LogP contribution in [0.25, 0.3) is 0 Å². The second-order valence-corrected chi connectivity index (χ2v) is 8.69. The molecule has 1 aliphatic rings. The number of benzene rings is 1. The summed E-state index contributed by atoms with van der Waals surface area (Å²) in [5.41, 5.74) is 2.96. The predicted molar refractivity (Wildman–Crippen MR) is 120 cm³/mol. The van der Waals surface area contributed by atoms with Gasteiger partial charge in [0.15, 0.2) is 5.96 Å². The van der Waals surface area contributed by atoms with E-state index in [0.29, 0.717) is 6.54 Å². The maximum Gasteiger partial charge on any atom is 0.253 e. The molecule has 0 atom stereocenters. The number of guanidine groups is 1. The Balaban J connectivity index is 1.49. The number of carbonyl (C=O) groups is 1. The van der Waals surface area contributed by atoms with Crippen molar-refractivity contribution >= 4 is 23.2 Å². The molecule has 29 heavy (non-hydrogen) atoms. The minimum atomic E-state index is 0.142. The predicted octanol–water partition coefficient (Wildman–Crippen LogP) is 3.29. The van der Waals surface area contributed by atoms with Crippen molar-refractivity contribution in [2.75, 3.05) is 26.7 Å². The molecule has 0 unspecified atom stereocenters. The van der Waals surface area contributed by atoms with Crippen LogP contribution in [0.2, 0.25) is 0 Å². The average molecular weight is 414 g/mol. The number of carbonyl (C=O) groups excluding carboxylic acids is 1. The highest BCUT2D eigenvalue weighted by molar-refractivity contribution is 7.11. The Labute approximate surface area is 177 Å². The number of nitrogens with one attached hydrogen (secondary N) is 2. The van der Waals surface area contributed by atoms with E-state index in [1.165, 1.54) is 11.3 Å². The lowest BCUT2D eigenvalue weighted by molar-refractivity contribution is 0.0724. The van der Waals surface area contributed by atoms with Crippen molar-refractivity contribution in [3.63, 3.8) is 0 Å². The quantitative estimate of drug-likeness (QED) is 0.563. The molecule has 1 aliphatic heterocycles. The molecule has 1 saturated heterocycles. The van der Waals surface area contributed by atoms with Gasteiger partial charge < -0.3 is 15.5 Å². The number of nitrogens with zero attached hydrogens (tertiary/aromatic N) is 3. The number of aliphatic imine (C=N–C) groups is 1. The van der Waals surface area contributed by atoms with Crippen molar-refractivity contribution in [3.05, 3.63) is 51.0 Å². The van der Waals surface area contributed by atoms with E-state index < -0.39 is 0 Å². The third-order valence-corrected chi connectivity index (χ3v) is 6.34. The summed E-state index contributed by atoms with van der Waals surface area (Å²) in [4.78, 5) is 24.8. The van der Waals surface area contributed by atoms with Crippen LogP contribution in [0.4, 0.5) is 0 Å². The third-order valence-electron chi connectivity index (χ3n) is 5.20. The number of aryl methyl sites for hydroxylation is 2. The first-order chi connectivity index (χ1) is 14.1. The Morgan fingerprint density at radius 1 is 1.21 bits per heavy atom. The fourth-order valence-electron chi connectivity index (χ4n) is 3.43. The first-order valence-corrected chi connectivity index (χ1v) is 11.1. The van der Waals surface area contributed by atoms with Gasteiger partial charge in [-0.1, -0.05) is 12.1 Å². The van der Waals surface area contributed by atoms with E-state index in [1.54, 1.807) is 18.4 Å². The SMILES string of the molecule is CN=C(NCCc1nc(C)c(C)s1)NCc1cccc(C(=O)N2CCCCC2)c1. The lowest BCUT2D eigenvalue weighted by atomic mass is 10.1. The molecule has 0 aliphatic carbocycles. The molecule has 2 N–H and O–H groups in total. The summed E-state index contributed by atoms with van der Waals surface area (Å²) in [6.45, 7) is 7.30. The highest BCUT2D eigenvalue weighted by atomic mass is 32.1. The Kier molecular flexibility index (Phi) is 7.63. The summed E-state index contributed by atoms with van der Waals surface area (Å²) >= 11 is 1.75. The Hall–Kier alpha value is -2.41. The van der Waals surface area contributed by atoms with Crippen molar-refractivity contribution in [2.45, 2.75) is 46.1 Å². The highest BCUT2D eigenvalue weighted by Gasteiger charge is 2.18. The van der Waals surface area contributed by atoms with Gasteiger partial charge in [-0.15, -0.1) is 11.3 Å². The number of likely N-dealkylation sites (tertiary alicyclic amines) is 1. The molecule has 2 heterocycles. The molecule has 1 aromatic heterocycles. The van der Waals surface area contributed by atoms with Gasteiger partial charge in [-0.2, -0.15) is 0 Å². The van der Waals surface area contributed by atoms with E-state index in [2.05, 4.69) is 27.5 Å². The molecule has 3 rings (SSSR count). The second-order valence-electron chi connectivity index (χ2n) is 7.40. The van der Waals surface area contributed by atoms with E-state index in [-0.39, 0.29) is 5.91 Å². The molecule has 0 bridgehead atoms. The molecule has 2 aromatic rings. The summed E-state index contributed by atoms with van der Waals surface area (Å²) < 4.78 is 0. The Morgan fingerprint density at radius 3 is 2.69 bits per heavy atom. The summed E-state index contributed by atoms with van der Waals surface area (Å²) in [5, 5.41) is 7.81. The number of thiazole rings is 1. The van der Waals surface area contributed by atoms with E-state index in [1.807, 2.05) is 36.1 Å². The van der Waals surface area contributed by atoms with Gasteiger partial charge in [-0.3, -0.25) is 9.79 Å². The minimum Gasteiger partial charge on any atom is -0.356 e. The first-order valence-electron chi connectivity index (χ1n) is 10.3. The number of aromatic nitrogens is 1. The fraction of sp³-hybridized carbons (Fsp3) is 0.500.